The van der Waals surface area contributed by atoms with E-state index < -0.39 is 0 Å². The Hall–Kier alpha value is -0.300. The minimum atomic E-state index is 0.862. The van der Waals surface area contributed by atoms with Gasteiger partial charge in [-0.2, -0.15) is 0 Å². The second-order valence-corrected chi connectivity index (χ2v) is 3.46. The van der Waals surface area contributed by atoms with Crippen molar-refractivity contribution in [3.63, 3.8) is 0 Å². The molecule has 1 fully saturated rings. The van der Waals surface area contributed by atoms with Crippen LogP contribution in [0.15, 0.2) is 11.1 Å². The molecule has 0 aromatic carbocycles. The van der Waals surface area contributed by atoms with Crippen LogP contribution < -0.4 is 5.73 Å². The van der Waals surface area contributed by atoms with Gasteiger partial charge < -0.3 is 5.73 Å². The zero-order valence-electron chi connectivity index (χ0n) is 6.98. The van der Waals surface area contributed by atoms with Gasteiger partial charge in [0.1, 0.15) is 0 Å². The van der Waals surface area contributed by atoms with E-state index in [1.54, 1.807) is 5.57 Å². The van der Waals surface area contributed by atoms with Gasteiger partial charge in [-0.1, -0.05) is 11.1 Å². The highest BCUT2D eigenvalue weighted by molar-refractivity contribution is 5.18. The first-order valence-electron chi connectivity index (χ1n) is 4.09. The van der Waals surface area contributed by atoms with Crippen LogP contribution in [0.25, 0.3) is 0 Å². The highest BCUT2D eigenvalue weighted by Gasteiger charge is 2.22. The minimum Gasteiger partial charge on any atom is -0.330 e. The van der Waals surface area contributed by atoms with Crippen molar-refractivity contribution >= 4 is 0 Å². The van der Waals surface area contributed by atoms with Crippen molar-refractivity contribution in [2.24, 2.45) is 11.7 Å². The summed E-state index contributed by atoms with van der Waals surface area (Å²) in [6, 6.07) is 0. The van der Waals surface area contributed by atoms with E-state index in [-0.39, 0.29) is 0 Å². The van der Waals surface area contributed by atoms with Gasteiger partial charge in [-0.3, -0.25) is 0 Å². The summed E-state index contributed by atoms with van der Waals surface area (Å²) in [5.41, 5.74) is 8.63. The van der Waals surface area contributed by atoms with Crippen molar-refractivity contribution < 1.29 is 0 Å². The van der Waals surface area contributed by atoms with Crippen LogP contribution in [0.5, 0.6) is 0 Å². The number of allylic oxidation sites excluding steroid dienone is 2. The topological polar surface area (TPSA) is 26.0 Å². The van der Waals surface area contributed by atoms with E-state index in [9.17, 15) is 0 Å². The van der Waals surface area contributed by atoms with Crippen LogP contribution in [-0.4, -0.2) is 6.54 Å². The predicted molar refractivity (Wildman–Crippen MR) is 44.8 cm³/mol. The molecule has 0 aromatic heterocycles. The molecule has 0 heterocycles. The normalized spacial score (nSPS) is 24.3. The van der Waals surface area contributed by atoms with Crippen LogP contribution in [0, 0.1) is 5.92 Å². The smallest absolute Gasteiger partial charge is 0.00744 e. The molecule has 0 aromatic rings. The van der Waals surface area contributed by atoms with E-state index in [1.165, 1.54) is 24.8 Å². The molecule has 58 valence electrons. The van der Waals surface area contributed by atoms with E-state index in [0.717, 1.165) is 12.5 Å². The Balaban J connectivity index is 2.24. The van der Waals surface area contributed by atoms with Crippen molar-refractivity contribution in [3.05, 3.63) is 11.1 Å². The number of hydrogen-bond donors (Lipinski definition) is 1. The summed E-state index contributed by atoms with van der Waals surface area (Å²) in [5.74, 6) is 0.912. The van der Waals surface area contributed by atoms with E-state index in [0.29, 0.717) is 0 Å². The highest BCUT2D eigenvalue weighted by Crippen LogP contribution is 2.36. The standard InChI is InChI=1S/C9H17N/c1-7(2)9-5-8(6-9)3-4-10/h8H,3-6,10H2,1-2H3. The van der Waals surface area contributed by atoms with Crippen LogP contribution in [-0.2, 0) is 0 Å². The molecule has 0 aliphatic heterocycles. The molecule has 1 saturated carbocycles. The zero-order chi connectivity index (χ0) is 7.56. The molecule has 1 aliphatic carbocycles. The van der Waals surface area contributed by atoms with Gasteiger partial charge in [-0.25, -0.2) is 0 Å². The molecule has 0 saturated heterocycles. The Morgan fingerprint density at radius 3 is 2.50 bits per heavy atom. The lowest BCUT2D eigenvalue weighted by atomic mass is 9.76. The molecule has 1 rings (SSSR count). The van der Waals surface area contributed by atoms with Crippen LogP contribution in [0.2, 0.25) is 0 Å². The fourth-order valence-electron chi connectivity index (χ4n) is 1.49. The zero-order valence-corrected chi connectivity index (χ0v) is 6.98. The van der Waals surface area contributed by atoms with E-state index >= 15 is 0 Å². The Bertz CT molecular complexity index is 135. The SMILES string of the molecule is CC(C)=C1CC(CCN)C1. The molecule has 0 spiro atoms. The maximum absolute atomic E-state index is 5.44. The third-order valence-corrected chi connectivity index (χ3v) is 2.35. The van der Waals surface area contributed by atoms with Crippen molar-refractivity contribution in [1.82, 2.24) is 0 Å². The van der Waals surface area contributed by atoms with Crippen molar-refractivity contribution in [2.75, 3.05) is 6.54 Å². The number of rotatable bonds is 2. The fraction of sp³-hybridized carbons (Fsp3) is 0.778. The molecule has 0 radical (unpaired) electrons. The van der Waals surface area contributed by atoms with Gasteiger partial charge in [-0.05, 0) is 45.6 Å². The lowest BCUT2D eigenvalue weighted by Gasteiger charge is -2.30. The highest BCUT2D eigenvalue weighted by atomic mass is 14.5. The average molecular weight is 139 g/mol. The molecule has 0 atom stereocenters. The first kappa shape index (κ1) is 7.80. The van der Waals surface area contributed by atoms with Gasteiger partial charge in [0.25, 0.3) is 0 Å². The summed E-state index contributed by atoms with van der Waals surface area (Å²) in [4.78, 5) is 0. The maximum atomic E-state index is 5.44. The van der Waals surface area contributed by atoms with Crippen LogP contribution in [0.1, 0.15) is 33.1 Å². The summed E-state index contributed by atoms with van der Waals surface area (Å²) in [5, 5.41) is 0. The molecular weight excluding hydrogens is 122 g/mol. The fourth-order valence-corrected chi connectivity index (χ4v) is 1.49. The molecular formula is C9H17N. The summed E-state index contributed by atoms with van der Waals surface area (Å²) >= 11 is 0. The van der Waals surface area contributed by atoms with E-state index in [1.807, 2.05) is 0 Å². The second-order valence-electron chi connectivity index (χ2n) is 3.46. The summed E-state index contributed by atoms with van der Waals surface area (Å²) in [6.07, 6.45) is 3.86. The second kappa shape index (κ2) is 3.20. The number of nitrogens with two attached hydrogens (primary N) is 1. The van der Waals surface area contributed by atoms with Gasteiger partial charge in [0, 0.05) is 0 Å². The Labute approximate surface area is 63.3 Å². The maximum Gasteiger partial charge on any atom is -0.00744 e. The minimum absolute atomic E-state index is 0.862. The third kappa shape index (κ3) is 1.60. The van der Waals surface area contributed by atoms with Crippen molar-refractivity contribution in [1.29, 1.82) is 0 Å². The van der Waals surface area contributed by atoms with E-state index in [4.69, 9.17) is 5.73 Å². The molecule has 1 heteroatoms. The van der Waals surface area contributed by atoms with Gasteiger partial charge >= 0.3 is 0 Å². The van der Waals surface area contributed by atoms with Crippen molar-refractivity contribution in [2.45, 2.75) is 33.1 Å². The Morgan fingerprint density at radius 1 is 1.50 bits per heavy atom. The summed E-state index contributed by atoms with van der Waals surface area (Å²) < 4.78 is 0. The molecule has 0 bridgehead atoms. The summed E-state index contributed by atoms with van der Waals surface area (Å²) in [6.45, 7) is 5.27. The van der Waals surface area contributed by atoms with E-state index in [2.05, 4.69) is 13.8 Å². The lowest BCUT2D eigenvalue weighted by molar-refractivity contribution is 0.390. The number of hydrogen-bond acceptors (Lipinski definition) is 1. The largest absolute Gasteiger partial charge is 0.330 e. The molecule has 1 nitrogen and oxygen atoms in total. The quantitative estimate of drug-likeness (QED) is 0.582. The molecule has 2 N–H and O–H groups in total. The Morgan fingerprint density at radius 2 is 2.10 bits per heavy atom. The summed E-state index contributed by atoms with van der Waals surface area (Å²) in [7, 11) is 0. The molecule has 0 amide bonds. The van der Waals surface area contributed by atoms with Gasteiger partial charge in [0.15, 0.2) is 0 Å². The van der Waals surface area contributed by atoms with Crippen molar-refractivity contribution in [3.8, 4) is 0 Å². The van der Waals surface area contributed by atoms with Crippen LogP contribution >= 0.6 is 0 Å². The Kier molecular flexibility index (Phi) is 2.50. The molecule has 10 heavy (non-hydrogen) atoms. The van der Waals surface area contributed by atoms with Crippen LogP contribution in [0.3, 0.4) is 0 Å². The third-order valence-electron chi connectivity index (χ3n) is 2.35. The van der Waals surface area contributed by atoms with Gasteiger partial charge in [-0.15, -0.1) is 0 Å². The lowest BCUT2D eigenvalue weighted by Crippen LogP contribution is -2.19. The first-order chi connectivity index (χ1) is 4.74. The van der Waals surface area contributed by atoms with Crippen LogP contribution in [0.4, 0.5) is 0 Å². The molecule has 1 aliphatic rings. The predicted octanol–water partition coefficient (Wildman–Crippen LogP) is 2.08. The average Bonchev–Trinajstić information content (AvgIpc) is 1.76. The monoisotopic (exact) mass is 139 g/mol. The van der Waals surface area contributed by atoms with Gasteiger partial charge in [0.2, 0.25) is 0 Å². The first-order valence-corrected chi connectivity index (χ1v) is 4.09. The van der Waals surface area contributed by atoms with Gasteiger partial charge in [0.05, 0.1) is 0 Å². The molecule has 0 unspecified atom stereocenters.